The Morgan fingerprint density at radius 1 is 1.08 bits per heavy atom. The standard InChI is InChI=1S/C17H17ClN2O4/c1-2-24-17(23)20-9-7-19(8-10-20)14-13(15(21)16(14)22)11-3-5-12(18)6-4-11/h3-6H,2,7-10H2,1H3. The second-order valence-electron chi connectivity index (χ2n) is 5.56. The molecule has 1 aliphatic heterocycles. The number of hydrogen-bond acceptors (Lipinski definition) is 5. The maximum Gasteiger partial charge on any atom is 0.409 e. The number of nitrogens with zero attached hydrogens (tertiary/aromatic N) is 2. The molecule has 1 heterocycles. The predicted molar refractivity (Wildman–Crippen MR) is 92.6 cm³/mol. The minimum absolute atomic E-state index is 0.331. The number of carbonyl (C=O) groups is 1. The maximum absolute atomic E-state index is 12.0. The molecule has 2 aromatic carbocycles. The first-order chi connectivity index (χ1) is 11.5. The van der Waals surface area contributed by atoms with Crippen LogP contribution in [0.1, 0.15) is 6.92 Å². The van der Waals surface area contributed by atoms with E-state index in [0.29, 0.717) is 54.6 Å². The average Bonchev–Trinajstić information content (AvgIpc) is 2.60. The zero-order valence-corrected chi connectivity index (χ0v) is 14.0. The zero-order valence-electron chi connectivity index (χ0n) is 13.3. The molecule has 0 N–H and O–H groups in total. The molecule has 6 nitrogen and oxygen atoms in total. The lowest BCUT2D eigenvalue weighted by Gasteiger charge is -2.36. The summed E-state index contributed by atoms with van der Waals surface area (Å²) < 4.78 is 4.98. The highest BCUT2D eigenvalue weighted by Gasteiger charge is 2.30. The van der Waals surface area contributed by atoms with Crippen LogP contribution in [0.3, 0.4) is 0 Å². The highest BCUT2D eigenvalue weighted by atomic mass is 35.5. The Kier molecular flexibility index (Phi) is 4.57. The minimum atomic E-state index is -0.472. The van der Waals surface area contributed by atoms with E-state index >= 15 is 0 Å². The molecule has 0 bridgehead atoms. The van der Waals surface area contributed by atoms with Crippen molar-refractivity contribution in [3.05, 3.63) is 49.7 Å². The van der Waals surface area contributed by atoms with E-state index in [0.717, 1.165) is 0 Å². The van der Waals surface area contributed by atoms with E-state index in [1.165, 1.54) is 0 Å². The topological polar surface area (TPSA) is 66.9 Å². The molecular weight excluding hydrogens is 332 g/mol. The number of halogens is 1. The Morgan fingerprint density at radius 2 is 1.71 bits per heavy atom. The van der Waals surface area contributed by atoms with Gasteiger partial charge in [-0.1, -0.05) is 23.7 Å². The summed E-state index contributed by atoms with van der Waals surface area (Å²) in [5.74, 6) is 0. The van der Waals surface area contributed by atoms with E-state index < -0.39 is 10.9 Å². The molecule has 24 heavy (non-hydrogen) atoms. The van der Waals surface area contributed by atoms with E-state index in [9.17, 15) is 14.4 Å². The van der Waals surface area contributed by atoms with Crippen LogP contribution in [0.15, 0.2) is 33.9 Å². The summed E-state index contributed by atoms with van der Waals surface area (Å²) >= 11 is 5.87. The molecule has 0 unspecified atom stereocenters. The number of rotatable bonds is 3. The summed E-state index contributed by atoms with van der Waals surface area (Å²) in [5.41, 5.74) is 0.614. The normalized spacial score (nSPS) is 14.9. The van der Waals surface area contributed by atoms with Gasteiger partial charge in [-0.3, -0.25) is 9.59 Å². The summed E-state index contributed by atoms with van der Waals surface area (Å²) in [6, 6.07) is 6.85. The molecule has 7 heteroatoms. The van der Waals surface area contributed by atoms with Gasteiger partial charge in [-0.05, 0) is 24.6 Å². The van der Waals surface area contributed by atoms with Gasteiger partial charge in [0.15, 0.2) is 0 Å². The van der Waals surface area contributed by atoms with E-state index in [1.54, 1.807) is 36.1 Å². The third kappa shape index (κ3) is 2.89. The van der Waals surface area contributed by atoms with E-state index in [-0.39, 0.29) is 6.09 Å². The number of piperazine rings is 1. The fraction of sp³-hybridized carbons (Fsp3) is 0.353. The smallest absolute Gasteiger partial charge is 0.409 e. The average molecular weight is 349 g/mol. The summed E-state index contributed by atoms with van der Waals surface area (Å²) in [6.45, 7) is 3.98. The maximum atomic E-state index is 12.0. The summed E-state index contributed by atoms with van der Waals surface area (Å²) in [6.07, 6.45) is -0.347. The van der Waals surface area contributed by atoms with Gasteiger partial charge in [0.05, 0.1) is 12.2 Å². The van der Waals surface area contributed by atoms with Crippen LogP contribution in [-0.2, 0) is 4.74 Å². The largest absolute Gasteiger partial charge is 0.450 e. The summed E-state index contributed by atoms with van der Waals surface area (Å²) in [5, 5.41) is 0.571. The van der Waals surface area contributed by atoms with E-state index in [1.807, 2.05) is 4.90 Å². The highest BCUT2D eigenvalue weighted by molar-refractivity contribution is 6.30. The molecule has 1 aliphatic rings. The van der Waals surface area contributed by atoms with Crippen molar-refractivity contribution < 1.29 is 9.53 Å². The van der Waals surface area contributed by atoms with Gasteiger partial charge < -0.3 is 14.5 Å². The van der Waals surface area contributed by atoms with Gasteiger partial charge in [0.25, 0.3) is 0 Å². The monoisotopic (exact) mass is 348 g/mol. The molecule has 0 saturated carbocycles. The van der Waals surface area contributed by atoms with Gasteiger partial charge in [-0.25, -0.2) is 4.79 Å². The SMILES string of the molecule is CCOC(=O)N1CCN(c2c(-c3ccc(Cl)cc3)c(=O)c2=O)CC1. The fourth-order valence-electron chi connectivity index (χ4n) is 2.89. The number of ether oxygens (including phenoxy) is 1. The highest BCUT2D eigenvalue weighted by Crippen LogP contribution is 2.28. The summed E-state index contributed by atoms with van der Waals surface area (Å²) in [4.78, 5) is 39.3. The van der Waals surface area contributed by atoms with Crippen LogP contribution in [0.25, 0.3) is 11.1 Å². The van der Waals surface area contributed by atoms with Gasteiger partial charge in [0.2, 0.25) is 10.9 Å². The van der Waals surface area contributed by atoms with Crippen molar-refractivity contribution in [1.29, 1.82) is 0 Å². The van der Waals surface area contributed by atoms with Gasteiger partial charge >= 0.3 is 6.09 Å². The first-order valence-electron chi connectivity index (χ1n) is 7.78. The molecule has 0 aromatic heterocycles. The number of amides is 1. The molecule has 0 atom stereocenters. The van der Waals surface area contributed by atoms with Crippen molar-refractivity contribution in [2.75, 3.05) is 37.7 Å². The van der Waals surface area contributed by atoms with Crippen LogP contribution >= 0.6 is 11.6 Å². The molecule has 1 fully saturated rings. The Bertz CT molecular complexity index is 816. The van der Waals surface area contributed by atoms with Crippen molar-refractivity contribution in [3.8, 4) is 11.1 Å². The van der Waals surface area contributed by atoms with E-state index in [4.69, 9.17) is 16.3 Å². The molecule has 0 aliphatic carbocycles. The van der Waals surface area contributed by atoms with Crippen molar-refractivity contribution in [2.45, 2.75) is 6.92 Å². The third-order valence-corrected chi connectivity index (χ3v) is 4.39. The number of anilines is 1. The third-order valence-electron chi connectivity index (χ3n) is 4.14. The predicted octanol–water partition coefficient (Wildman–Crippen LogP) is 1.88. The van der Waals surface area contributed by atoms with Crippen molar-refractivity contribution in [1.82, 2.24) is 4.90 Å². The Labute approximate surface area is 143 Å². The molecule has 1 amide bonds. The lowest BCUT2D eigenvalue weighted by Crippen LogP contribution is -2.52. The first-order valence-corrected chi connectivity index (χ1v) is 8.16. The molecule has 0 radical (unpaired) electrons. The van der Waals surface area contributed by atoms with Crippen LogP contribution in [0.4, 0.5) is 10.5 Å². The van der Waals surface area contributed by atoms with E-state index in [2.05, 4.69) is 0 Å². The van der Waals surface area contributed by atoms with Crippen LogP contribution in [0.5, 0.6) is 0 Å². The van der Waals surface area contributed by atoms with Crippen LogP contribution in [0, 0.1) is 0 Å². The second kappa shape index (κ2) is 6.65. The number of carbonyl (C=O) groups excluding carboxylic acids is 1. The van der Waals surface area contributed by atoms with Crippen molar-refractivity contribution in [2.24, 2.45) is 0 Å². The second-order valence-corrected chi connectivity index (χ2v) is 6.00. The van der Waals surface area contributed by atoms with Crippen molar-refractivity contribution >= 4 is 23.4 Å². The minimum Gasteiger partial charge on any atom is -0.450 e. The molecule has 126 valence electrons. The molecule has 3 rings (SSSR count). The van der Waals surface area contributed by atoms with Gasteiger partial charge in [0, 0.05) is 31.2 Å². The van der Waals surface area contributed by atoms with Gasteiger partial charge in [-0.2, -0.15) is 0 Å². The quantitative estimate of drug-likeness (QED) is 0.792. The number of benzene rings is 1. The van der Waals surface area contributed by atoms with Gasteiger partial charge in [0.1, 0.15) is 5.69 Å². The Morgan fingerprint density at radius 3 is 2.29 bits per heavy atom. The molecule has 2 aromatic rings. The lowest BCUT2D eigenvalue weighted by molar-refractivity contribution is 0.105. The Hall–Kier alpha value is -2.34. The first kappa shape index (κ1) is 16.5. The molecule has 1 saturated heterocycles. The van der Waals surface area contributed by atoms with Gasteiger partial charge in [-0.15, -0.1) is 0 Å². The fourth-order valence-corrected chi connectivity index (χ4v) is 3.02. The summed E-state index contributed by atoms with van der Waals surface area (Å²) in [7, 11) is 0. The molecule has 0 spiro atoms. The van der Waals surface area contributed by atoms with Crippen LogP contribution in [0.2, 0.25) is 5.02 Å². The lowest BCUT2D eigenvalue weighted by atomic mass is 9.97. The van der Waals surface area contributed by atoms with Crippen LogP contribution < -0.4 is 15.8 Å². The number of hydrogen-bond donors (Lipinski definition) is 0. The Balaban J connectivity index is 1.79. The zero-order chi connectivity index (χ0) is 17.3. The van der Waals surface area contributed by atoms with Crippen LogP contribution in [-0.4, -0.2) is 43.8 Å². The molecular formula is C17H17ClN2O4. The van der Waals surface area contributed by atoms with Crippen molar-refractivity contribution in [3.63, 3.8) is 0 Å².